The number of carbonyl (C=O) groups is 1. The van der Waals surface area contributed by atoms with Crippen LogP contribution in [-0.2, 0) is 11.2 Å². The molecule has 1 aliphatic carbocycles. The minimum absolute atomic E-state index is 0. The first-order chi connectivity index (χ1) is 7.24. The van der Waals surface area contributed by atoms with E-state index in [1.54, 1.807) is 18.3 Å². The molecule has 0 bridgehead atoms. The lowest BCUT2D eigenvalue weighted by Gasteiger charge is -2.03. The summed E-state index contributed by atoms with van der Waals surface area (Å²) < 4.78 is 0. The van der Waals surface area contributed by atoms with Gasteiger partial charge in [0.2, 0.25) is 5.91 Å². The van der Waals surface area contributed by atoms with Crippen LogP contribution in [0.3, 0.4) is 0 Å². The van der Waals surface area contributed by atoms with E-state index in [0.29, 0.717) is 18.0 Å². The molecule has 3 N–H and O–H groups in total. The molecule has 1 aliphatic rings. The van der Waals surface area contributed by atoms with Crippen LogP contribution in [-0.4, -0.2) is 17.4 Å². The smallest absolute Gasteiger partial charge is 0.226 e. The SMILES string of the molecule is Cl.Nc1ccc(CC(=O)NCC2CC2)nc1. The molecular weight excluding hydrogens is 226 g/mol. The Hall–Kier alpha value is -1.29. The number of nitrogen functional groups attached to an aromatic ring is 1. The Morgan fingerprint density at radius 1 is 1.50 bits per heavy atom. The first kappa shape index (κ1) is 12.8. The monoisotopic (exact) mass is 241 g/mol. The van der Waals surface area contributed by atoms with Crippen LogP contribution in [0.25, 0.3) is 0 Å². The molecule has 1 amide bonds. The normalized spacial score (nSPS) is 14.0. The van der Waals surface area contributed by atoms with Crippen molar-refractivity contribution >= 4 is 24.0 Å². The Balaban J connectivity index is 0.00000128. The second-order valence-corrected chi connectivity index (χ2v) is 4.01. The molecule has 5 heteroatoms. The van der Waals surface area contributed by atoms with E-state index in [4.69, 9.17) is 5.73 Å². The molecule has 1 aromatic rings. The predicted octanol–water partition coefficient (Wildman–Crippen LogP) is 1.15. The lowest BCUT2D eigenvalue weighted by atomic mass is 10.2. The number of pyridine rings is 1. The van der Waals surface area contributed by atoms with Gasteiger partial charge >= 0.3 is 0 Å². The summed E-state index contributed by atoms with van der Waals surface area (Å²) >= 11 is 0. The fraction of sp³-hybridized carbons (Fsp3) is 0.455. The van der Waals surface area contributed by atoms with E-state index in [0.717, 1.165) is 12.2 Å². The molecule has 0 saturated heterocycles. The minimum atomic E-state index is 0. The van der Waals surface area contributed by atoms with Gasteiger partial charge in [0.25, 0.3) is 0 Å². The molecule has 1 aromatic heterocycles. The van der Waals surface area contributed by atoms with E-state index in [9.17, 15) is 4.79 Å². The summed E-state index contributed by atoms with van der Waals surface area (Å²) in [5.74, 6) is 0.757. The highest BCUT2D eigenvalue weighted by atomic mass is 35.5. The highest BCUT2D eigenvalue weighted by Gasteiger charge is 2.21. The predicted molar refractivity (Wildman–Crippen MR) is 65.3 cm³/mol. The molecule has 1 heterocycles. The van der Waals surface area contributed by atoms with E-state index < -0.39 is 0 Å². The summed E-state index contributed by atoms with van der Waals surface area (Å²) in [6.07, 6.45) is 4.41. The largest absolute Gasteiger partial charge is 0.397 e. The van der Waals surface area contributed by atoms with Gasteiger partial charge < -0.3 is 11.1 Å². The third-order valence-corrected chi connectivity index (χ3v) is 2.47. The molecule has 16 heavy (non-hydrogen) atoms. The van der Waals surface area contributed by atoms with Crippen molar-refractivity contribution in [3.63, 3.8) is 0 Å². The number of amides is 1. The zero-order valence-corrected chi connectivity index (χ0v) is 9.80. The number of nitrogens with two attached hydrogens (primary N) is 1. The maximum atomic E-state index is 11.4. The molecule has 0 atom stereocenters. The van der Waals surface area contributed by atoms with E-state index in [-0.39, 0.29) is 18.3 Å². The number of carbonyl (C=O) groups excluding carboxylic acids is 1. The van der Waals surface area contributed by atoms with Crippen molar-refractivity contribution in [3.05, 3.63) is 24.0 Å². The topological polar surface area (TPSA) is 68.0 Å². The van der Waals surface area contributed by atoms with Crippen molar-refractivity contribution in [2.24, 2.45) is 5.92 Å². The fourth-order valence-electron chi connectivity index (χ4n) is 1.35. The Morgan fingerprint density at radius 3 is 2.81 bits per heavy atom. The minimum Gasteiger partial charge on any atom is -0.397 e. The highest BCUT2D eigenvalue weighted by Crippen LogP contribution is 2.27. The fourth-order valence-corrected chi connectivity index (χ4v) is 1.35. The lowest BCUT2D eigenvalue weighted by molar-refractivity contribution is -0.120. The molecule has 4 nitrogen and oxygen atoms in total. The van der Waals surface area contributed by atoms with E-state index in [1.165, 1.54) is 12.8 Å². The van der Waals surface area contributed by atoms with Crippen molar-refractivity contribution in [1.29, 1.82) is 0 Å². The average Bonchev–Trinajstić information content (AvgIpc) is 3.02. The molecule has 0 unspecified atom stereocenters. The van der Waals surface area contributed by atoms with Gasteiger partial charge in [-0.1, -0.05) is 0 Å². The quantitative estimate of drug-likeness (QED) is 0.831. The molecule has 0 spiro atoms. The van der Waals surface area contributed by atoms with Crippen LogP contribution in [0.5, 0.6) is 0 Å². The third kappa shape index (κ3) is 4.06. The Labute approximate surface area is 101 Å². The zero-order valence-electron chi connectivity index (χ0n) is 8.98. The van der Waals surface area contributed by atoms with Crippen molar-refractivity contribution in [2.45, 2.75) is 19.3 Å². The molecule has 1 fully saturated rings. The first-order valence-electron chi connectivity index (χ1n) is 5.21. The lowest BCUT2D eigenvalue weighted by Crippen LogP contribution is -2.27. The number of nitrogens with one attached hydrogen (secondary N) is 1. The van der Waals surface area contributed by atoms with E-state index >= 15 is 0 Å². The van der Waals surface area contributed by atoms with Gasteiger partial charge in [-0.15, -0.1) is 12.4 Å². The van der Waals surface area contributed by atoms with Gasteiger partial charge in [-0.25, -0.2) is 0 Å². The molecule has 0 aliphatic heterocycles. The van der Waals surface area contributed by atoms with Gasteiger partial charge in [0, 0.05) is 12.2 Å². The second-order valence-electron chi connectivity index (χ2n) is 4.01. The summed E-state index contributed by atoms with van der Waals surface area (Å²) in [6, 6.07) is 3.54. The molecule has 88 valence electrons. The Kier molecular flexibility index (Phi) is 4.55. The third-order valence-electron chi connectivity index (χ3n) is 2.47. The Bertz CT molecular complexity index is 349. The number of rotatable bonds is 4. The van der Waals surface area contributed by atoms with Crippen molar-refractivity contribution < 1.29 is 4.79 Å². The number of hydrogen-bond acceptors (Lipinski definition) is 3. The number of hydrogen-bond donors (Lipinski definition) is 2. The average molecular weight is 242 g/mol. The van der Waals surface area contributed by atoms with Crippen molar-refractivity contribution in [3.8, 4) is 0 Å². The zero-order chi connectivity index (χ0) is 10.7. The number of nitrogens with zero attached hydrogens (tertiary/aromatic N) is 1. The van der Waals surface area contributed by atoms with Gasteiger partial charge in [0.15, 0.2) is 0 Å². The highest BCUT2D eigenvalue weighted by molar-refractivity contribution is 5.85. The standard InChI is InChI=1S/C11H15N3O.ClH/c12-9-3-4-10(13-7-9)5-11(15)14-6-8-1-2-8;/h3-4,7-8H,1-2,5-6,12H2,(H,14,15);1H. The van der Waals surface area contributed by atoms with Crippen LogP contribution in [0.2, 0.25) is 0 Å². The molecular formula is C11H16ClN3O. The van der Waals surface area contributed by atoms with E-state index in [2.05, 4.69) is 10.3 Å². The number of halogens is 1. The molecule has 1 saturated carbocycles. The van der Waals surface area contributed by atoms with Crippen molar-refractivity contribution in [1.82, 2.24) is 10.3 Å². The number of aromatic nitrogens is 1. The van der Waals surface area contributed by atoms with E-state index in [1.807, 2.05) is 0 Å². The first-order valence-corrected chi connectivity index (χ1v) is 5.21. The van der Waals surface area contributed by atoms with Crippen LogP contribution < -0.4 is 11.1 Å². The Morgan fingerprint density at radius 2 is 2.25 bits per heavy atom. The van der Waals surface area contributed by atoms with Gasteiger partial charge in [-0.3, -0.25) is 9.78 Å². The summed E-state index contributed by atoms with van der Waals surface area (Å²) in [5, 5.41) is 2.90. The van der Waals surface area contributed by atoms with Crippen LogP contribution in [0.15, 0.2) is 18.3 Å². The van der Waals surface area contributed by atoms with Gasteiger partial charge in [-0.05, 0) is 30.9 Å². The van der Waals surface area contributed by atoms with Crippen LogP contribution in [0.1, 0.15) is 18.5 Å². The van der Waals surface area contributed by atoms with Crippen LogP contribution in [0.4, 0.5) is 5.69 Å². The molecule has 0 radical (unpaired) electrons. The van der Waals surface area contributed by atoms with Gasteiger partial charge in [0.05, 0.1) is 18.3 Å². The van der Waals surface area contributed by atoms with Crippen LogP contribution >= 0.6 is 12.4 Å². The van der Waals surface area contributed by atoms with Crippen molar-refractivity contribution in [2.75, 3.05) is 12.3 Å². The van der Waals surface area contributed by atoms with Gasteiger partial charge in [-0.2, -0.15) is 0 Å². The maximum absolute atomic E-state index is 11.4. The molecule has 0 aromatic carbocycles. The summed E-state index contributed by atoms with van der Waals surface area (Å²) in [6.45, 7) is 0.813. The summed E-state index contributed by atoms with van der Waals surface area (Å²) in [4.78, 5) is 15.5. The molecule has 2 rings (SSSR count). The van der Waals surface area contributed by atoms with Crippen LogP contribution in [0, 0.1) is 5.92 Å². The number of anilines is 1. The summed E-state index contributed by atoms with van der Waals surface area (Å²) in [5.41, 5.74) is 6.89. The second kappa shape index (κ2) is 5.70. The summed E-state index contributed by atoms with van der Waals surface area (Å²) in [7, 11) is 0. The van der Waals surface area contributed by atoms with Gasteiger partial charge in [0.1, 0.15) is 0 Å². The maximum Gasteiger partial charge on any atom is 0.226 e.